The third-order valence-corrected chi connectivity index (χ3v) is 4.56. The summed E-state index contributed by atoms with van der Waals surface area (Å²) in [6, 6.07) is 12.3. The van der Waals surface area contributed by atoms with Gasteiger partial charge in [0.15, 0.2) is 0 Å². The zero-order valence-electron chi connectivity index (χ0n) is 15.2. The van der Waals surface area contributed by atoms with Crippen LogP contribution in [0.2, 0.25) is 0 Å². The number of aliphatic hydroxyl groups excluding tert-OH is 2. The maximum atomic E-state index is 12.1. The molecule has 0 aliphatic carbocycles. The van der Waals surface area contributed by atoms with Crippen molar-refractivity contribution in [3.63, 3.8) is 0 Å². The van der Waals surface area contributed by atoms with Crippen LogP contribution in [-0.2, 0) is 16.1 Å². The monoisotopic (exact) mass is 385 g/mol. The molecule has 1 aliphatic heterocycles. The van der Waals surface area contributed by atoms with Gasteiger partial charge in [-0.15, -0.1) is 0 Å². The van der Waals surface area contributed by atoms with Crippen molar-refractivity contribution in [1.29, 1.82) is 0 Å². The minimum atomic E-state index is -1.21. The summed E-state index contributed by atoms with van der Waals surface area (Å²) >= 11 is 0. The molecule has 1 fully saturated rings. The lowest BCUT2D eigenvalue weighted by molar-refractivity contribution is -0.125. The predicted molar refractivity (Wildman–Crippen MR) is 100 cm³/mol. The molecule has 1 aliphatic rings. The summed E-state index contributed by atoms with van der Waals surface area (Å²) in [6.45, 7) is 0.342. The van der Waals surface area contributed by atoms with Gasteiger partial charge in [-0.2, -0.15) is 0 Å². The van der Waals surface area contributed by atoms with Crippen molar-refractivity contribution in [2.24, 2.45) is 0 Å². The number of amides is 2. The van der Waals surface area contributed by atoms with Gasteiger partial charge in [-0.1, -0.05) is 24.3 Å². The minimum absolute atomic E-state index is 0.0275. The van der Waals surface area contributed by atoms with Crippen LogP contribution in [0.5, 0.6) is 0 Å². The number of ether oxygens (including phenoxy) is 1. The predicted octanol–water partition coefficient (Wildman–Crippen LogP) is 0.00710. The second-order valence-electron chi connectivity index (χ2n) is 6.61. The zero-order valence-corrected chi connectivity index (χ0v) is 15.2. The first kappa shape index (κ1) is 19.9. The molecule has 8 nitrogen and oxygen atoms in total. The van der Waals surface area contributed by atoms with Crippen LogP contribution in [0.1, 0.15) is 22.3 Å². The lowest BCUT2D eigenvalue weighted by atomic mass is 10.1. The van der Waals surface area contributed by atoms with Crippen LogP contribution in [0.4, 0.5) is 0 Å². The van der Waals surface area contributed by atoms with Gasteiger partial charge in [0.25, 0.3) is 5.91 Å². The number of nitrogens with zero attached hydrogens (tertiary/aromatic N) is 1. The van der Waals surface area contributed by atoms with Gasteiger partial charge in [0.2, 0.25) is 5.91 Å². The fourth-order valence-corrected chi connectivity index (χ4v) is 3.01. The molecule has 2 aromatic rings. The molecule has 1 aromatic carbocycles. The number of aliphatic hydroxyl groups is 2. The van der Waals surface area contributed by atoms with Crippen molar-refractivity contribution in [2.75, 3.05) is 6.54 Å². The quantitative estimate of drug-likeness (QED) is 0.533. The van der Waals surface area contributed by atoms with Gasteiger partial charge in [0.1, 0.15) is 18.3 Å². The second-order valence-corrected chi connectivity index (χ2v) is 6.61. The van der Waals surface area contributed by atoms with Gasteiger partial charge >= 0.3 is 0 Å². The van der Waals surface area contributed by atoms with Gasteiger partial charge in [-0.05, 0) is 23.8 Å². The van der Waals surface area contributed by atoms with E-state index < -0.39 is 24.4 Å². The Kier molecular flexibility index (Phi) is 6.70. The molecule has 0 spiro atoms. The summed E-state index contributed by atoms with van der Waals surface area (Å²) in [5, 5.41) is 25.7. The fraction of sp³-hybridized carbons (Fsp3) is 0.350. The Hall–Kier alpha value is -2.81. The van der Waals surface area contributed by atoms with Crippen molar-refractivity contribution in [2.45, 2.75) is 37.4 Å². The molecule has 8 heteroatoms. The van der Waals surface area contributed by atoms with Crippen LogP contribution in [0.25, 0.3) is 0 Å². The number of carbonyl (C=O) groups excluding carboxylic acids is 2. The van der Waals surface area contributed by atoms with Crippen LogP contribution in [0, 0.1) is 0 Å². The number of benzene rings is 1. The lowest BCUT2D eigenvalue weighted by Crippen LogP contribution is -2.40. The maximum Gasteiger partial charge on any atom is 0.251 e. The SMILES string of the molecule is O=C(CC1OC(CNC(=O)c2ccccc2)C(O)C1O)NCc1cccnc1. The number of aromatic nitrogens is 1. The molecule has 0 radical (unpaired) electrons. The van der Waals surface area contributed by atoms with E-state index in [1.54, 1.807) is 48.8 Å². The summed E-state index contributed by atoms with van der Waals surface area (Å²) < 4.78 is 5.61. The number of pyridine rings is 1. The molecule has 0 bridgehead atoms. The molecular weight excluding hydrogens is 362 g/mol. The van der Waals surface area contributed by atoms with Crippen molar-refractivity contribution in [3.8, 4) is 0 Å². The van der Waals surface area contributed by atoms with Gasteiger partial charge < -0.3 is 25.6 Å². The molecule has 4 atom stereocenters. The molecule has 2 amide bonds. The van der Waals surface area contributed by atoms with E-state index in [1.807, 2.05) is 6.07 Å². The van der Waals surface area contributed by atoms with Gasteiger partial charge in [0, 0.05) is 31.0 Å². The topological polar surface area (TPSA) is 121 Å². The zero-order chi connectivity index (χ0) is 19.9. The molecule has 0 saturated carbocycles. The average Bonchev–Trinajstić information content (AvgIpc) is 2.99. The summed E-state index contributed by atoms with van der Waals surface area (Å²) in [4.78, 5) is 28.2. The molecule has 28 heavy (non-hydrogen) atoms. The molecule has 148 valence electrons. The van der Waals surface area contributed by atoms with Gasteiger partial charge in [0.05, 0.1) is 12.5 Å². The summed E-state index contributed by atoms with van der Waals surface area (Å²) in [7, 11) is 0. The van der Waals surface area contributed by atoms with E-state index in [9.17, 15) is 19.8 Å². The van der Waals surface area contributed by atoms with E-state index in [0.29, 0.717) is 12.1 Å². The second kappa shape index (κ2) is 9.41. The number of hydrogen-bond donors (Lipinski definition) is 4. The van der Waals surface area contributed by atoms with Crippen molar-refractivity contribution < 1.29 is 24.5 Å². The van der Waals surface area contributed by atoms with Gasteiger partial charge in [-0.3, -0.25) is 14.6 Å². The van der Waals surface area contributed by atoms with E-state index in [1.165, 1.54) is 0 Å². The van der Waals surface area contributed by atoms with Crippen molar-refractivity contribution in [3.05, 3.63) is 66.0 Å². The number of carbonyl (C=O) groups is 2. The molecular formula is C20H23N3O5. The lowest BCUT2D eigenvalue weighted by Gasteiger charge is -2.15. The fourth-order valence-electron chi connectivity index (χ4n) is 3.01. The molecule has 1 aromatic heterocycles. The highest BCUT2D eigenvalue weighted by Crippen LogP contribution is 2.23. The highest BCUT2D eigenvalue weighted by Gasteiger charge is 2.43. The Labute approximate surface area is 162 Å². The summed E-state index contributed by atoms with van der Waals surface area (Å²) in [6.07, 6.45) is -0.833. The van der Waals surface area contributed by atoms with Crippen LogP contribution >= 0.6 is 0 Å². The van der Waals surface area contributed by atoms with Gasteiger partial charge in [-0.25, -0.2) is 0 Å². The minimum Gasteiger partial charge on any atom is -0.388 e. The van der Waals surface area contributed by atoms with Crippen LogP contribution in [0.15, 0.2) is 54.9 Å². The molecule has 1 saturated heterocycles. The van der Waals surface area contributed by atoms with E-state index in [2.05, 4.69) is 15.6 Å². The molecule has 4 N–H and O–H groups in total. The van der Waals surface area contributed by atoms with Crippen molar-refractivity contribution >= 4 is 11.8 Å². The van der Waals surface area contributed by atoms with E-state index in [4.69, 9.17) is 4.74 Å². The molecule has 4 unspecified atom stereocenters. The third-order valence-electron chi connectivity index (χ3n) is 4.56. The first-order chi connectivity index (χ1) is 13.5. The normalized spacial score (nSPS) is 23.9. The summed E-state index contributed by atoms with van der Waals surface area (Å²) in [5.74, 6) is -0.613. The van der Waals surface area contributed by atoms with E-state index in [-0.39, 0.29) is 24.8 Å². The summed E-state index contributed by atoms with van der Waals surface area (Å²) in [5.41, 5.74) is 1.34. The average molecular weight is 385 g/mol. The third kappa shape index (κ3) is 5.13. The standard InChI is InChI=1S/C20H23N3O5/c24-17(22-11-13-5-4-8-21-10-13)9-15-18(25)19(26)16(28-15)12-23-20(27)14-6-2-1-3-7-14/h1-8,10,15-16,18-19,25-26H,9,11-12H2,(H,22,24)(H,23,27). The highest BCUT2D eigenvalue weighted by atomic mass is 16.5. The first-order valence-corrected chi connectivity index (χ1v) is 9.05. The highest BCUT2D eigenvalue weighted by molar-refractivity contribution is 5.94. The molecule has 2 heterocycles. The van der Waals surface area contributed by atoms with E-state index in [0.717, 1.165) is 5.56 Å². The van der Waals surface area contributed by atoms with Crippen LogP contribution < -0.4 is 10.6 Å². The molecule has 3 rings (SSSR count). The Bertz CT molecular complexity index is 787. The Balaban J connectivity index is 1.46. The largest absolute Gasteiger partial charge is 0.388 e. The Morgan fingerprint density at radius 2 is 1.75 bits per heavy atom. The number of nitrogens with one attached hydrogen (secondary N) is 2. The smallest absolute Gasteiger partial charge is 0.251 e. The first-order valence-electron chi connectivity index (χ1n) is 9.05. The number of hydrogen-bond acceptors (Lipinski definition) is 6. The number of rotatable bonds is 7. The Morgan fingerprint density at radius 1 is 1.00 bits per heavy atom. The maximum absolute atomic E-state index is 12.1. The Morgan fingerprint density at radius 3 is 2.46 bits per heavy atom. The van der Waals surface area contributed by atoms with E-state index >= 15 is 0 Å². The van der Waals surface area contributed by atoms with Crippen LogP contribution in [0.3, 0.4) is 0 Å². The van der Waals surface area contributed by atoms with Crippen molar-refractivity contribution in [1.82, 2.24) is 15.6 Å². The van der Waals surface area contributed by atoms with Crippen LogP contribution in [-0.4, -0.2) is 58.0 Å².